The Morgan fingerprint density at radius 1 is 1.35 bits per heavy atom. The Kier molecular flexibility index (Phi) is 4.31. The highest BCUT2D eigenvalue weighted by molar-refractivity contribution is 6.30. The average molecular weight is 334 g/mol. The largest absolute Gasteiger partial charge is 0.478 e. The van der Waals surface area contributed by atoms with Crippen LogP contribution in [-0.2, 0) is 17.8 Å². The topological polar surface area (TPSA) is 56.1 Å². The van der Waals surface area contributed by atoms with Gasteiger partial charge in [0.2, 0.25) is 0 Å². The summed E-state index contributed by atoms with van der Waals surface area (Å²) in [5, 5.41) is 7.98. The van der Waals surface area contributed by atoms with Crippen LogP contribution in [0.4, 0.5) is 0 Å². The summed E-state index contributed by atoms with van der Waals surface area (Å²) >= 11 is 5.86. The zero-order chi connectivity index (χ0) is 16.4. The molecule has 0 aliphatic carbocycles. The minimum atomic E-state index is -0.953. The van der Waals surface area contributed by atoms with E-state index in [-0.39, 0.29) is 11.9 Å². The summed E-state index contributed by atoms with van der Waals surface area (Å²) in [5.41, 5.74) is 0.198. The van der Waals surface area contributed by atoms with Gasteiger partial charge in [-0.3, -0.25) is 9.48 Å². The monoisotopic (exact) mass is 333 g/mol. The fraction of sp³-hybridized carbons (Fsp3) is 0.412. The molecule has 1 aromatic carbocycles. The summed E-state index contributed by atoms with van der Waals surface area (Å²) in [7, 11) is 0. The highest BCUT2D eigenvalue weighted by Crippen LogP contribution is 2.22. The molecule has 1 amide bonds. The second kappa shape index (κ2) is 6.24. The fourth-order valence-electron chi connectivity index (χ4n) is 2.69. The summed E-state index contributed by atoms with van der Waals surface area (Å²) in [6, 6.07) is 9.11. The van der Waals surface area contributed by atoms with E-state index in [1.54, 1.807) is 44.3 Å². The molecule has 122 valence electrons. The van der Waals surface area contributed by atoms with Crippen LogP contribution in [0.25, 0.3) is 0 Å². The number of carbonyl (C=O) groups is 1. The molecule has 2 aromatic rings. The molecule has 0 radical (unpaired) electrons. The standard InChI is InChI=1S/C17H20ClN3O2/c1-17(2,23-15-5-3-12(18)4-6-15)16(22)20-13-8-10-21-14(11-13)7-9-19-21/h3-7,9,13H,8,10-11H2,1-2H3,(H,20,22)/t13-/m0/s1. The number of rotatable bonds is 4. The van der Waals surface area contributed by atoms with Crippen LogP contribution >= 0.6 is 11.6 Å². The van der Waals surface area contributed by atoms with Gasteiger partial charge in [0.1, 0.15) is 5.75 Å². The molecular formula is C17H20ClN3O2. The van der Waals surface area contributed by atoms with Crippen molar-refractivity contribution in [3.05, 3.63) is 47.2 Å². The van der Waals surface area contributed by atoms with Gasteiger partial charge in [0.15, 0.2) is 5.60 Å². The van der Waals surface area contributed by atoms with Crippen molar-refractivity contribution in [1.82, 2.24) is 15.1 Å². The molecular weight excluding hydrogens is 314 g/mol. The number of aromatic nitrogens is 2. The number of halogens is 1. The number of nitrogens with one attached hydrogen (secondary N) is 1. The predicted octanol–water partition coefficient (Wildman–Crippen LogP) is 2.83. The van der Waals surface area contributed by atoms with E-state index >= 15 is 0 Å². The van der Waals surface area contributed by atoms with Gasteiger partial charge in [-0.05, 0) is 50.6 Å². The number of aryl methyl sites for hydroxylation is 1. The molecule has 1 atom stereocenters. The van der Waals surface area contributed by atoms with Crippen LogP contribution in [0.5, 0.6) is 5.75 Å². The Morgan fingerprint density at radius 3 is 2.83 bits per heavy atom. The van der Waals surface area contributed by atoms with Gasteiger partial charge in [0.05, 0.1) is 0 Å². The average Bonchev–Trinajstić information content (AvgIpc) is 2.97. The molecule has 3 rings (SSSR count). The minimum absolute atomic E-state index is 0.111. The van der Waals surface area contributed by atoms with Gasteiger partial charge in [0.25, 0.3) is 5.91 Å². The van der Waals surface area contributed by atoms with E-state index in [0.717, 1.165) is 25.1 Å². The Bertz CT molecular complexity index is 694. The molecule has 0 saturated carbocycles. The third-order valence-electron chi connectivity index (χ3n) is 4.02. The van der Waals surface area contributed by atoms with Crippen molar-refractivity contribution in [2.24, 2.45) is 0 Å². The van der Waals surface area contributed by atoms with Crippen LogP contribution in [0.2, 0.25) is 5.02 Å². The number of hydrogen-bond donors (Lipinski definition) is 1. The quantitative estimate of drug-likeness (QED) is 0.936. The summed E-state index contributed by atoms with van der Waals surface area (Å²) in [5.74, 6) is 0.502. The Morgan fingerprint density at radius 2 is 2.09 bits per heavy atom. The van der Waals surface area contributed by atoms with Crippen LogP contribution in [0, 0.1) is 0 Å². The number of carbonyl (C=O) groups excluding carboxylic acids is 1. The van der Waals surface area contributed by atoms with Crippen molar-refractivity contribution < 1.29 is 9.53 Å². The molecule has 1 N–H and O–H groups in total. The van der Waals surface area contributed by atoms with Crippen molar-refractivity contribution in [3.63, 3.8) is 0 Å². The highest BCUT2D eigenvalue weighted by Gasteiger charge is 2.32. The van der Waals surface area contributed by atoms with E-state index < -0.39 is 5.60 Å². The Hall–Kier alpha value is -2.01. The van der Waals surface area contributed by atoms with E-state index in [9.17, 15) is 4.79 Å². The van der Waals surface area contributed by atoms with E-state index in [2.05, 4.69) is 10.4 Å². The van der Waals surface area contributed by atoms with Gasteiger partial charge >= 0.3 is 0 Å². The van der Waals surface area contributed by atoms with Gasteiger partial charge in [-0.25, -0.2) is 0 Å². The van der Waals surface area contributed by atoms with Crippen molar-refractivity contribution in [3.8, 4) is 5.75 Å². The lowest BCUT2D eigenvalue weighted by Gasteiger charge is -2.30. The zero-order valence-electron chi connectivity index (χ0n) is 13.3. The van der Waals surface area contributed by atoms with Gasteiger partial charge < -0.3 is 10.1 Å². The summed E-state index contributed by atoms with van der Waals surface area (Å²) in [4.78, 5) is 12.6. The lowest BCUT2D eigenvalue weighted by Crippen LogP contribution is -2.51. The number of benzene rings is 1. The molecule has 5 nitrogen and oxygen atoms in total. The highest BCUT2D eigenvalue weighted by atomic mass is 35.5. The van der Waals surface area contributed by atoms with E-state index in [4.69, 9.17) is 16.3 Å². The molecule has 23 heavy (non-hydrogen) atoms. The SMILES string of the molecule is CC(C)(Oc1ccc(Cl)cc1)C(=O)N[C@H]1CCn2nccc2C1. The molecule has 2 heterocycles. The maximum absolute atomic E-state index is 12.6. The molecule has 0 bridgehead atoms. The smallest absolute Gasteiger partial charge is 0.263 e. The minimum Gasteiger partial charge on any atom is -0.478 e. The third kappa shape index (κ3) is 3.67. The van der Waals surface area contributed by atoms with E-state index in [1.165, 1.54) is 0 Å². The van der Waals surface area contributed by atoms with Crippen LogP contribution in [0.15, 0.2) is 36.5 Å². The Balaban J connectivity index is 1.61. The number of amides is 1. The molecule has 0 fully saturated rings. The molecule has 1 aliphatic rings. The first-order valence-corrected chi connectivity index (χ1v) is 8.08. The second-order valence-corrected chi connectivity index (χ2v) is 6.71. The predicted molar refractivity (Wildman–Crippen MR) is 88.6 cm³/mol. The molecule has 1 aromatic heterocycles. The van der Waals surface area contributed by atoms with Gasteiger partial charge in [-0.2, -0.15) is 5.10 Å². The number of nitrogens with zero attached hydrogens (tertiary/aromatic N) is 2. The maximum atomic E-state index is 12.6. The maximum Gasteiger partial charge on any atom is 0.263 e. The molecule has 1 aliphatic heterocycles. The lowest BCUT2D eigenvalue weighted by atomic mass is 10.0. The van der Waals surface area contributed by atoms with Crippen LogP contribution in [-0.4, -0.2) is 27.3 Å². The number of hydrogen-bond acceptors (Lipinski definition) is 3. The van der Waals surface area contributed by atoms with Crippen LogP contribution in [0.3, 0.4) is 0 Å². The van der Waals surface area contributed by atoms with Crippen molar-refractivity contribution in [1.29, 1.82) is 0 Å². The lowest BCUT2D eigenvalue weighted by molar-refractivity contribution is -0.135. The van der Waals surface area contributed by atoms with Crippen LogP contribution < -0.4 is 10.1 Å². The summed E-state index contributed by atoms with van der Waals surface area (Å²) in [6.45, 7) is 4.36. The van der Waals surface area contributed by atoms with Crippen molar-refractivity contribution >= 4 is 17.5 Å². The van der Waals surface area contributed by atoms with Gasteiger partial charge in [-0.15, -0.1) is 0 Å². The van der Waals surface area contributed by atoms with Crippen molar-refractivity contribution in [2.45, 2.75) is 44.9 Å². The van der Waals surface area contributed by atoms with Gasteiger partial charge in [-0.1, -0.05) is 11.6 Å². The first-order chi connectivity index (χ1) is 10.9. The zero-order valence-corrected chi connectivity index (χ0v) is 14.0. The first-order valence-electron chi connectivity index (χ1n) is 7.70. The number of fused-ring (bicyclic) bond motifs is 1. The van der Waals surface area contributed by atoms with Crippen molar-refractivity contribution in [2.75, 3.05) is 0 Å². The number of ether oxygens (including phenoxy) is 1. The molecule has 0 saturated heterocycles. The molecule has 0 spiro atoms. The Labute approximate surface area is 140 Å². The fourth-order valence-corrected chi connectivity index (χ4v) is 2.82. The summed E-state index contributed by atoms with van der Waals surface area (Å²) in [6.07, 6.45) is 3.47. The van der Waals surface area contributed by atoms with Crippen LogP contribution in [0.1, 0.15) is 26.0 Å². The van der Waals surface area contributed by atoms with E-state index in [0.29, 0.717) is 10.8 Å². The van der Waals surface area contributed by atoms with Gasteiger partial charge in [0, 0.05) is 35.9 Å². The van der Waals surface area contributed by atoms with E-state index in [1.807, 2.05) is 10.7 Å². The first kappa shape index (κ1) is 15.9. The summed E-state index contributed by atoms with van der Waals surface area (Å²) < 4.78 is 7.81. The molecule has 6 heteroatoms. The molecule has 0 unspecified atom stereocenters. The second-order valence-electron chi connectivity index (χ2n) is 6.28. The third-order valence-corrected chi connectivity index (χ3v) is 4.27. The normalized spacial score (nSPS) is 17.4.